The molecule has 28 heavy (non-hydrogen) atoms. The van der Waals surface area contributed by atoms with Gasteiger partial charge in [-0.1, -0.05) is 6.08 Å². The molecule has 0 bridgehead atoms. The molecular formula is C21H25N3O4. The first-order valence-corrected chi connectivity index (χ1v) is 9.35. The maximum Gasteiger partial charge on any atom is 0.322 e. The van der Waals surface area contributed by atoms with E-state index in [4.69, 9.17) is 9.15 Å². The van der Waals surface area contributed by atoms with Crippen LogP contribution in [0.15, 0.2) is 59.7 Å². The number of nitrogens with zero attached hydrogens (tertiary/aromatic N) is 1. The molecule has 2 heterocycles. The van der Waals surface area contributed by atoms with E-state index in [1.165, 1.54) is 0 Å². The summed E-state index contributed by atoms with van der Waals surface area (Å²) in [6.07, 6.45) is 5.20. The number of hydrogen-bond donors (Lipinski definition) is 2. The van der Waals surface area contributed by atoms with Gasteiger partial charge in [0.1, 0.15) is 5.76 Å². The molecule has 1 atom stereocenters. The van der Waals surface area contributed by atoms with Crippen molar-refractivity contribution in [1.82, 2.24) is 10.2 Å². The van der Waals surface area contributed by atoms with Crippen molar-refractivity contribution >= 4 is 17.6 Å². The summed E-state index contributed by atoms with van der Waals surface area (Å²) in [5.74, 6) is 0.526. The minimum atomic E-state index is -0.240. The van der Waals surface area contributed by atoms with E-state index in [-0.39, 0.29) is 18.0 Å². The molecule has 1 aliphatic heterocycles. The van der Waals surface area contributed by atoms with Crippen molar-refractivity contribution < 1.29 is 18.7 Å². The summed E-state index contributed by atoms with van der Waals surface area (Å²) >= 11 is 0. The third-order valence-electron chi connectivity index (χ3n) is 4.47. The lowest BCUT2D eigenvalue weighted by molar-refractivity contribution is 0.0803. The van der Waals surface area contributed by atoms with Crippen molar-refractivity contribution in [3.63, 3.8) is 0 Å². The number of urea groups is 1. The molecule has 148 valence electrons. The molecule has 0 radical (unpaired) electrons. The van der Waals surface area contributed by atoms with Gasteiger partial charge in [0.05, 0.1) is 18.9 Å². The van der Waals surface area contributed by atoms with Crippen LogP contribution in [0.3, 0.4) is 0 Å². The lowest BCUT2D eigenvalue weighted by Gasteiger charge is -2.25. The van der Waals surface area contributed by atoms with Crippen molar-refractivity contribution in [2.45, 2.75) is 25.5 Å². The van der Waals surface area contributed by atoms with Crippen LogP contribution < -0.4 is 10.6 Å². The van der Waals surface area contributed by atoms with E-state index in [2.05, 4.69) is 17.2 Å². The second-order valence-electron chi connectivity index (χ2n) is 6.60. The summed E-state index contributed by atoms with van der Waals surface area (Å²) in [6.45, 7) is 5.56. The number of carbonyl (C=O) groups is 2. The summed E-state index contributed by atoms with van der Waals surface area (Å²) in [6, 6.07) is 10.2. The van der Waals surface area contributed by atoms with Crippen LogP contribution in [0.5, 0.6) is 0 Å². The topological polar surface area (TPSA) is 83.8 Å². The molecule has 1 aliphatic rings. The number of furan rings is 1. The van der Waals surface area contributed by atoms with E-state index in [0.717, 1.165) is 19.4 Å². The zero-order valence-corrected chi connectivity index (χ0v) is 15.7. The minimum absolute atomic E-state index is 0.0386. The number of rotatable bonds is 8. The fourth-order valence-corrected chi connectivity index (χ4v) is 3.02. The SMILES string of the molecule is C=CCNC(=O)c1ccc(NC(=O)N(Cc2ccco2)CC2CCCO2)cc1. The summed E-state index contributed by atoms with van der Waals surface area (Å²) in [7, 11) is 0. The van der Waals surface area contributed by atoms with Crippen molar-refractivity contribution in [2.75, 3.05) is 25.0 Å². The minimum Gasteiger partial charge on any atom is -0.467 e. The second kappa shape index (κ2) is 9.75. The molecule has 0 spiro atoms. The molecule has 1 unspecified atom stereocenters. The summed E-state index contributed by atoms with van der Waals surface area (Å²) in [5.41, 5.74) is 1.13. The van der Waals surface area contributed by atoms with Gasteiger partial charge in [0.15, 0.2) is 0 Å². The van der Waals surface area contributed by atoms with Crippen LogP contribution in [0.4, 0.5) is 10.5 Å². The Kier molecular flexibility index (Phi) is 6.86. The van der Waals surface area contributed by atoms with Crippen molar-refractivity contribution in [3.8, 4) is 0 Å². The molecule has 1 saturated heterocycles. The number of ether oxygens (including phenoxy) is 1. The fourth-order valence-electron chi connectivity index (χ4n) is 3.02. The molecule has 1 aromatic carbocycles. The largest absolute Gasteiger partial charge is 0.467 e. The highest BCUT2D eigenvalue weighted by atomic mass is 16.5. The monoisotopic (exact) mass is 383 g/mol. The van der Waals surface area contributed by atoms with E-state index in [9.17, 15) is 9.59 Å². The van der Waals surface area contributed by atoms with Crippen molar-refractivity contribution in [3.05, 3.63) is 66.6 Å². The van der Waals surface area contributed by atoms with Crippen molar-refractivity contribution in [2.24, 2.45) is 0 Å². The Hall–Kier alpha value is -3.06. The molecule has 3 amide bonds. The zero-order chi connectivity index (χ0) is 19.8. The molecule has 0 aliphatic carbocycles. The molecule has 7 nitrogen and oxygen atoms in total. The Labute approximate surface area is 164 Å². The molecule has 2 N–H and O–H groups in total. The molecule has 7 heteroatoms. The lowest BCUT2D eigenvalue weighted by atomic mass is 10.2. The van der Waals surface area contributed by atoms with Gasteiger partial charge in [-0.05, 0) is 49.2 Å². The molecule has 2 aromatic rings. The first-order chi connectivity index (χ1) is 13.7. The quantitative estimate of drug-likeness (QED) is 0.684. The average Bonchev–Trinajstić information content (AvgIpc) is 3.40. The van der Waals surface area contributed by atoms with Crippen LogP contribution in [0.1, 0.15) is 29.0 Å². The third kappa shape index (κ3) is 5.47. The Morgan fingerprint density at radius 1 is 1.25 bits per heavy atom. The molecule has 1 fully saturated rings. The van der Waals surface area contributed by atoms with Gasteiger partial charge in [0.2, 0.25) is 0 Å². The number of nitrogens with one attached hydrogen (secondary N) is 2. The summed E-state index contributed by atoms with van der Waals surface area (Å²) in [4.78, 5) is 26.4. The third-order valence-corrected chi connectivity index (χ3v) is 4.47. The van der Waals surface area contributed by atoms with Gasteiger partial charge in [0, 0.05) is 30.9 Å². The highest BCUT2D eigenvalue weighted by Crippen LogP contribution is 2.17. The molecule has 3 rings (SSSR count). The van der Waals surface area contributed by atoms with Gasteiger partial charge in [0.25, 0.3) is 5.91 Å². The standard InChI is InChI=1S/C21H25N3O4/c1-2-11-22-20(25)16-7-9-17(10-8-16)23-21(26)24(14-18-5-3-12-27-18)15-19-6-4-13-28-19/h2-3,5,7-10,12,19H,1,4,6,11,13-15H2,(H,22,25)(H,23,26). The van der Waals surface area contributed by atoms with Crippen LogP contribution in [0, 0.1) is 0 Å². The smallest absolute Gasteiger partial charge is 0.322 e. The maximum absolute atomic E-state index is 12.8. The lowest BCUT2D eigenvalue weighted by Crippen LogP contribution is -2.39. The van der Waals surface area contributed by atoms with E-state index >= 15 is 0 Å². The Morgan fingerprint density at radius 3 is 2.71 bits per heavy atom. The van der Waals surface area contributed by atoms with E-state index < -0.39 is 0 Å². The van der Waals surface area contributed by atoms with Crippen LogP contribution in [0.25, 0.3) is 0 Å². The highest BCUT2D eigenvalue weighted by molar-refractivity contribution is 5.95. The van der Waals surface area contributed by atoms with E-state index in [0.29, 0.717) is 36.6 Å². The van der Waals surface area contributed by atoms with Crippen LogP contribution in [-0.2, 0) is 11.3 Å². The molecule has 0 saturated carbocycles. The van der Waals surface area contributed by atoms with Crippen molar-refractivity contribution in [1.29, 1.82) is 0 Å². The Morgan fingerprint density at radius 2 is 2.07 bits per heavy atom. The van der Waals surface area contributed by atoms with Crippen LogP contribution in [0.2, 0.25) is 0 Å². The summed E-state index contributed by atoms with van der Waals surface area (Å²) < 4.78 is 11.1. The first-order valence-electron chi connectivity index (χ1n) is 9.35. The predicted octanol–water partition coefficient (Wildman–Crippen LogP) is 3.41. The normalized spacial score (nSPS) is 15.8. The van der Waals surface area contributed by atoms with E-state index in [1.54, 1.807) is 47.6 Å². The van der Waals surface area contributed by atoms with Crippen LogP contribution in [-0.4, -0.2) is 42.6 Å². The van der Waals surface area contributed by atoms with E-state index in [1.807, 2.05) is 6.07 Å². The van der Waals surface area contributed by atoms with Gasteiger partial charge >= 0.3 is 6.03 Å². The van der Waals surface area contributed by atoms with Gasteiger partial charge < -0.3 is 24.7 Å². The predicted molar refractivity (Wildman–Crippen MR) is 106 cm³/mol. The first kappa shape index (κ1) is 19.7. The summed E-state index contributed by atoms with van der Waals surface area (Å²) in [5, 5.41) is 5.59. The average molecular weight is 383 g/mol. The second-order valence-corrected chi connectivity index (χ2v) is 6.60. The Balaban J connectivity index is 1.63. The van der Waals surface area contributed by atoms with Crippen LogP contribution >= 0.6 is 0 Å². The number of hydrogen-bond acceptors (Lipinski definition) is 4. The number of amides is 3. The maximum atomic E-state index is 12.8. The number of anilines is 1. The van der Waals surface area contributed by atoms with Gasteiger partial charge in [-0.15, -0.1) is 6.58 Å². The molecule has 1 aromatic heterocycles. The van der Waals surface area contributed by atoms with Gasteiger partial charge in [-0.25, -0.2) is 4.79 Å². The number of carbonyl (C=O) groups excluding carboxylic acids is 2. The number of benzene rings is 1. The Bertz CT molecular complexity index is 780. The fraction of sp³-hybridized carbons (Fsp3) is 0.333. The van der Waals surface area contributed by atoms with Gasteiger partial charge in [-0.2, -0.15) is 0 Å². The van der Waals surface area contributed by atoms with Gasteiger partial charge in [-0.3, -0.25) is 4.79 Å². The highest BCUT2D eigenvalue weighted by Gasteiger charge is 2.23. The zero-order valence-electron chi connectivity index (χ0n) is 15.7. The molecular weight excluding hydrogens is 358 g/mol.